The Morgan fingerprint density at radius 1 is 1.26 bits per heavy atom. The monoisotopic (exact) mass is 320 g/mol. The summed E-state index contributed by atoms with van der Waals surface area (Å²) in [4.78, 5) is 12.0. The molecule has 1 saturated carbocycles. The van der Waals surface area contributed by atoms with Crippen LogP contribution in [0.15, 0.2) is 30.3 Å². The number of nitrogens with one attached hydrogen (secondary N) is 2. The number of hydrogen-bond donors (Lipinski definition) is 3. The fourth-order valence-corrected chi connectivity index (χ4v) is 3.35. The molecule has 5 nitrogen and oxygen atoms in total. The van der Waals surface area contributed by atoms with Gasteiger partial charge in [0.05, 0.1) is 12.7 Å². The maximum atomic E-state index is 12.0. The number of urea groups is 1. The van der Waals surface area contributed by atoms with E-state index in [2.05, 4.69) is 34.9 Å². The van der Waals surface area contributed by atoms with Gasteiger partial charge in [0, 0.05) is 25.6 Å². The normalized spacial score (nSPS) is 17.7. The minimum absolute atomic E-state index is 0.0637. The zero-order valence-corrected chi connectivity index (χ0v) is 13.9. The first-order chi connectivity index (χ1) is 11.2. The van der Waals surface area contributed by atoms with Crippen molar-refractivity contribution in [1.29, 1.82) is 0 Å². The lowest BCUT2D eigenvalue weighted by Crippen LogP contribution is -2.44. The summed E-state index contributed by atoms with van der Waals surface area (Å²) in [5, 5.41) is 15.4. The summed E-state index contributed by atoms with van der Waals surface area (Å²) < 4.78 is 4.86. The fraction of sp³-hybridized carbons (Fsp3) is 0.611. The van der Waals surface area contributed by atoms with Gasteiger partial charge in [0.15, 0.2) is 0 Å². The molecule has 1 aliphatic carbocycles. The molecule has 0 aliphatic heterocycles. The number of rotatable bonds is 8. The van der Waals surface area contributed by atoms with Crippen molar-refractivity contribution in [2.24, 2.45) is 0 Å². The second kappa shape index (κ2) is 8.89. The Morgan fingerprint density at radius 2 is 1.96 bits per heavy atom. The summed E-state index contributed by atoms with van der Waals surface area (Å²) in [7, 11) is 1.55. The predicted octanol–water partition coefficient (Wildman–Crippen LogP) is 2.19. The van der Waals surface area contributed by atoms with Gasteiger partial charge in [-0.2, -0.15) is 0 Å². The Bertz CT molecular complexity index is 472. The number of benzene rings is 1. The van der Waals surface area contributed by atoms with E-state index in [1.807, 2.05) is 6.07 Å². The van der Waals surface area contributed by atoms with E-state index in [0.717, 1.165) is 12.8 Å². The van der Waals surface area contributed by atoms with Crippen molar-refractivity contribution in [3.05, 3.63) is 35.9 Å². The summed E-state index contributed by atoms with van der Waals surface area (Å²) in [5.74, 6) is 0. The van der Waals surface area contributed by atoms with Crippen LogP contribution < -0.4 is 10.6 Å². The molecule has 2 rings (SSSR count). The van der Waals surface area contributed by atoms with Crippen LogP contribution in [0.5, 0.6) is 0 Å². The first-order valence-electron chi connectivity index (χ1n) is 8.40. The summed E-state index contributed by atoms with van der Waals surface area (Å²) in [5.41, 5.74) is 1.38. The van der Waals surface area contributed by atoms with Gasteiger partial charge in [-0.1, -0.05) is 43.2 Å². The molecule has 1 aliphatic rings. The third-order valence-electron chi connectivity index (χ3n) is 4.66. The molecule has 1 aromatic carbocycles. The molecule has 0 radical (unpaired) electrons. The van der Waals surface area contributed by atoms with Gasteiger partial charge in [0.25, 0.3) is 0 Å². The van der Waals surface area contributed by atoms with E-state index in [1.54, 1.807) is 7.11 Å². The van der Waals surface area contributed by atoms with Crippen LogP contribution in [-0.2, 0) is 10.2 Å². The van der Waals surface area contributed by atoms with Crippen LogP contribution in [0.1, 0.15) is 37.7 Å². The summed E-state index contributed by atoms with van der Waals surface area (Å²) in [6.07, 6.45) is 4.60. The van der Waals surface area contributed by atoms with Gasteiger partial charge in [0.2, 0.25) is 0 Å². The van der Waals surface area contributed by atoms with Crippen LogP contribution in [0, 0.1) is 0 Å². The second-order valence-corrected chi connectivity index (χ2v) is 6.36. The lowest BCUT2D eigenvalue weighted by atomic mass is 9.79. The van der Waals surface area contributed by atoms with E-state index < -0.39 is 6.10 Å². The number of carbonyl (C=O) groups is 1. The predicted molar refractivity (Wildman–Crippen MR) is 90.5 cm³/mol. The number of aliphatic hydroxyl groups is 1. The van der Waals surface area contributed by atoms with Gasteiger partial charge in [-0.15, -0.1) is 0 Å². The molecular formula is C18H28N2O3. The minimum Gasteiger partial charge on any atom is -0.391 e. The number of aliphatic hydroxyl groups excluding tert-OH is 1. The van der Waals surface area contributed by atoms with Crippen LogP contribution in [0.4, 0.5) is 4.79 Å². The summed E-state index contributed by atoms with van der Waals surface area (Å²) >= 11 is 0. The first-order valence-corrected chi connectivity index (χ1v) is 8.40. The van der Waals surface area contributed by atoms with E-state index in [9.17, 15) is 9.90 Å². The van der Waals surface area contributed by atoms with Crippen LogP contribution in [0.25, 0.3) is 0 Å². The van der Waals surface area contributed by atoms with Crippen molar-refractivity contribution in [3.8, 4) is 0 Å². The van der Waals surface area contributed by atoms with E-state index >= 15 is 0 Å². The topological polar surface area (TPSA) is 70.6 Å². The average Bonchev–Trinajstić information content (AvgIpc) is 3.04. The lowest BCUT2D eigenvalue weighted by Gasteiger charge is -2.30. The highest BCUT2D eigenvalue weighted by molar-refractivity contribution is 5.73. The number of ether oxygens (including phenoxy) is 1. The Morgan fingerprint density at radius 3 is 2.61 bits per heavy atom. The van der Waals surface area contributed by atoms with E-state index in [4.69, 9.17) is 4.74 Å². The maximum absolute atomic E-state index is 12.0. The number of methoxy groups -OCH3 is 1. The van der Waals surface area contributed by atoms with Crippen molar-refractivity contribution in [2.45, 2.75) is 43.6 Å². The molecule has 2 amide bonds. The van der Waals surface area contributed by atoms with Gasteiger partial charge in [-0.05, 0) is 24.8 Å². The molecule has 0 spiro atoms. The Balaban J connectivity index is 1.80. The third kappa shape index (κ3) is 5.22. The van der Waals surface area contributed by atoms with Crippen molar-refractivity contribution >= 4 is 6.03 Å². The highest BCUT2D eigenvalue weighted by Crippen LogP contribution is 2.40. The molecule has 0 bridgehead atoms. The highest BCUT2D eigenvalue weighted by atomic mass is 16.5. The van der Waals surface area contributed by atoms with Gasteiger partial charge in [0.1, 0.15) is 0 Å². The van der Waals surface area contributed by atoms with Crippen LogP contribution in [-0.4, -0.2) is 44.0 Å². The Labute approximate surface area is 138 Å². The van der Waals surface area contributed by atoms with E-state index in [0.29, 0.717) is 26.1 Å². The van der Waals surface area contributed by atoms with Gasteiger partial charge >= 0.3 is 6.03 Å². The summed E-state index contributed by atoms with van der Waals surface area (Å²) in [6.45, 7) is 1.39. The standard InChI is InChI=1S/C18H28N2O3/c1-23-13-16(21)9-12-19-17(22)20-14-18(10-5-6-11-18)15-7-3-2-4-8-15/h2-4,7-8,16,21H,5-6,9-14H2,1H3,(H2,19,20,22). The first kappa shape index (κ1) is 17.8. The molecule has 3 N–H and O–H groups in total. The van der Waals surface area contributed by atoms with Gasteiger partial charge < -0.3 is 20.5 Å². The maximum Gasteiger partial charge on any atom is 0.314 e. The molecule has 1 aromatic rings. The molecule has 128 valence electrons. The highest BCUT2D eigenvalue weighted by Gasteiger charge is 2.35. The molecule has 0 aromatic heterocycles. The quantitative estimate of drug-likeness (QED) is 0.688. The number of amides is 2. The van der Waals surface area contributed by atoms with Crippen molar-refractivity contribution in [2.75, 3.05) is 26.8 Å². The van der Waals surface area contributed by atoms with Gasteiger partial charge in [-0.25, -0.2) is 4.79 Å². The van der Waals surface area contributed by atoms with Crippen LogP contribution in [0.2, 0.25) is 0 Å². The number of carbonyl (C=O) groups excluding carboxylic acids is 1. The van der Waals surface area contributed by atoms with Crippen LogP contribution in [0.3, 0.4) is 0 Å². The second-order valence-electron chi connectivity index (χ2n) is 6.36. The largest absolute Gasteiger partial charge is 0.391 e. The summed E-state index contributed by atoms with van der Waals surface area (Å²) in [6, 6.07) is 10.3. The zero-order chi connectivity index (χ0) is 16.5. The van der Waals surface area contributed by atoms with E-state index in [1.165, 1.54) is 18.4 Å². The average molecular weight is 320 g/mol. The Hall–Kier alpha value is -1.59. The Kier molecular flexibility index (Phi) is 6.86. The smallest absolute Gasteiger partial charge is 0.314 e. The van der Waals surface area contributed by atoms with Crippen molar-refractivity contribution in [1.82, 2.24) is 10.6 Å². The fourth-order valence-electron chi connectivity index (χ4n) is 3.35. The van der Waals surface area contributed by atoms with E-state index in [-0.39, 0.29) is 11.4 Å². The molecule has 1 atom stereocenters. The SMILES string of the molecule is COCC(O)CCNC(=O)NCC1(c2ccccc2)CCCC1. The lowest BCUT2D eigenvalue weighted by molar-refractivity contribution is 0.0598. The molecule has 1 fully saturated rings. The van der Waals surface area contributed by atoms with Crippen LogP contribution >= 0.6 is 0 Å². The molecule has 1 unspecified atom stereocenters. The molecule has 5 heteroatoms. The van der Waals surface area contributed by atoms with Crippen molar-refractivity contribution in [3.63, 3.8) is 0 Å². The zero-order valence-electron chi connectivity index (χ0n) is 13.9. The molecule has 0 heterocycles. The third-order valence-corrected chi connectivity index (χ3v) is 4.66. The minimum atomic E-state index is -0.536. The molecular weight excluding hydrogens is 292 g/mol. The van der Waals surface area contributed by atoms with Crippen molar-refractivity contribution < 1.29 is 14.6 Å². The molecule has 0 saturated heterocycles. The number of hydrogen-bond acceptors (Lipinski definition) is 3. The molecule has 23 heavy (non-hydrogen) atoms. The van der Waals surface area contributed by atoms with Gasteiger partial charge in [-0.3, -0.25) is 0 Å².